The average Bonchev–Trinajstić information content (AvgIpc) is 2.75. The first kappa shape index (κ1) is 14.1. The van der Waals surface area contributed by atoms with E-state index >= 15 is 0 Å². The van der Waals surface area contributed by atoms with Crippen LogP contribution in [0.1, 0.15) is 12.8 Å². The van der Waals surface area contributed by atoms with E-state index in [0.29, 0.717) is 18.6 Å². The predicted octanol–water partition coefficient (Wildman–Crippen LogP) is 1.60. The molecule has 2 N–H and O–H groups in total. The second-order valence-corrected chi connectivity index (χ2v) is 6.19. The first-order chi connectivity index (χ1) is 8.87. The Bertz CT molecular complexity index is 548. The number of hydrogen-bond acceptors (Lipinski definition) is 3. The lowest BCUT2D eigenvalue weighted by Crippen LogP contribution is -2.33. The van der Waals surface area contributed by atoms with Gasteiger partial charge in [-0.15, -0.1) is 0 Å². The van der Waals surface area contributed by atoms with Crippen LogP contribution in [-0.2, 0) is 10.0 Å². The highest BCUT2D eigenvalue weighted by molar-refractivity contribution is 7.92. The standard InChI is InChI=1S/C11H13F3N2O2S/c12-7-4-9(13)11(10(14)5-7)16-19(17,18)6-8-2-1-3-15-8/h4-5,8,15-16H,1-3,6H2. The molecule has 0 bridgehead atoms. The molecule has 0 aromatic heterocycles. The van der Waals surface area contributed by atoms with Gasteiger partial charge in [0.15, 0.2) is 11.6 Å². The third-order valence-corrected chi connectivity index (χ3v) is 4.20. The van der Waals surface area contributed by atoms with Crippen molar-refractivity contribution in [2.45, 2.75) is 18.9 Å². The van der Waals surface area contributed by atoms with Crippen molar-refractivity contribution in [2.24, 2.45) is 0 Å². The molecule has 1 aromatic carbocycles. The molecule has 1 heterocycles. The Balaban J connectivity index is 2.15. The topological polar surface area (TPSA) is 58.2 Å². The number of nitrogens with one attached hydrogen (secondary N) is 2. The van der Waals surface area contributed by atoms with E-state index in [9.17, 15) is 21.6 Å². The molecule has 19 heavy (non-hydrogen) atoms. The molecule has 1 saturated heterocycles. The van der Waals surface area contributed by atoms with Crippen molar-refractivity contribution >= 4 is 15.7 Å². The van der Waals surface area contributed by atoms with Crippen LogP contribution in [0.5, 0.6) is 0 Å². The summed E-state index contributed by atoms with van der Waals surface area (Å²) in [4.78, 5) is 0. The Morgan fingerprint density at radius 2 is 1.89 bits per heavy atom. The summed E-state index contributed by atoms with van der Waals surface area (Å²) in [5.41, 5.74) is -0.848. The lowest BCUT2D eigenvalue weighted by Gasteiger charge is -2.13. The summed E-state index contributed by atoms with van der Waals surface area (Å²) < 4.78 is 64.7. The number of hydrogen-bond donors (Lipinski definition) is 2. The van der Waals surface area contributed by atoms with E-state index in [1.807, 2.05) is 4.72 Å². The van der Waals surface area contributed by atoms with Crippen LogP contribution in [0.4, 0.5) is 18.9 Å². The van der Waals surface area contributed by atoms with Crippen molar-refractivity contribution in [3.63, 3.8) is 0 Å². The van der Waals surface area contributed by atoms with Crippen molar-refractivity contribution < 1.29 is 21.6 Å². The largest absolute Gasteiger partial charge is 0.313 e. The van der Waals surface area contributed by atoms with Gasteiger partial charge in [-0.2, -0.15) is 0 Å². The van der Waals surface area contributed by atoms with Crippen molar-refractivity contribution in [2.75, 3.05) is 17.0 Å². The van der Waals surface area contributed by atoms with Crippen molar-refractivity contribution in [3.8, 4) is 0 Å². The van der Waals surface area contributed by atoms with Gasteiger partial charge in [0.1, 0.15) is 11.5 Å². The first-order valence-electron chi connectivity index (χ1n) is 5.76. The molecule has 1 unspecified atom stereocenters. The van der Waals surface area contributed by atoms with Gasteiger partial charge in [0.2, 0.25) is 10.0 Å². The lowest BCUT2D eigenvalue weighted by atomic mass is 10.3. The van der Waals surface area contributed by atoms with Gasteiger partial charge >= 0.3 is 0 Å². The molecule has 4 nitrogen and oxygen atoms in total. The molecule has 8 heteroatoms. The fourth-order valence-corrected chi connectivity index (χ4v) is 3.40. The van der Waals surface area contributed by atoms with Gasteiger partial charge in [0.05, 0.1) is 5.75 Å². The highest BCUT2D eigenvalue weighted by atomic mass is 32.2. The highest BCUT2D eigenvalue weighted by Crippen LogP contribution is 2.22. The average molecular weight is 294 g/mol. The minimum atomic E-state index is -3.89. The van der Waals surface area contributed by atoms with Crippen LogP contribution in [0.2, 0.25) is 0 Å². The number of halogens is 3. The smallest absolute Gasteiger partial charge is 0.234 e. The van der Waals surface area contributed by atoms with Crippen LogP contribution in [0.3, 0.4) is 0 Å². The molecule has 0 saturated carbocycles. The minimum absolute atomic E-state index is 0.232. The Kier molecular flexibility index (Phi) is 4.00. The Labute approximate surface area is 109 Å². The zero-order chi connectivity index (χ0) is 14.0. The van der Waals surface area contributed by atoms with Crippen molar-refractivity contribution in [1.82, 2.24) is 5.32 Å². The Morgan fingerprint density at radius 3 is 2.42 bits per heavy atom. The van der Waals surface area contributed by atoms with Gasteiger partial charge in [-0.25, -0.2) is 21.6 Å². The summed E-state index contributed by atoms with van der Waals surface area (Å²) in [7, 11) is -3.89. The molecular formula is C11H13F3N2O2S. The first-order valence-corrected chi connectivity index (χ1v) is 7.41. The van der Waals surface area contributed by atoms with Crippen molar-refractivity contribution in [3.05, 3.63) is 29.6 Å². The van der Waals surface area contributed by atoms with Crippen LogP contribution in [0, 0.1) is 17.5 Å². The predicted molar refractivity (Wildman–Crippen MR) is 64.8 cm³/mol. The maximum absolute atomic E-state index is 13.3. The summed E-state index contributed by atoms with van der Waals surface area (Å²) in [6.45, 7) is 0.722. The zero-order valence-corrected chi connectivity index (χ0v) is 10.7. The molecule has 1 aromatic rings. The highest BCUT2D eigenvalue weighted by Gasteiger charge is 2.24. The van der Waals surface area contributed by atoms with E-state index in [2.05, 4.69) is 5.32 Å². The third kappa shape index (κ3) is 3.60. The van der Waals surface area contributed by atoms with Gasteiger partial charge in [0.25, 0.3) is 0 Å². The van der Waals surface area contributed by atoms with E-state index in [1.54, 1.807) is 0 Å². The third-order valence-electron chi connectivity index (χ3n) is 2.85. The molecular weight excluding hydrogens is 281 g/mol. The maximum Gasteiger partial charge on any atom is 0.234 e. The van der Waals surface area contributed by atoms with Gasteiger partial charge in [-0.1, -0.05) is 0 Å². The zero-order valence-electron chi connectivity index (χ0n) is 9.92. The van der Waals surface area contributed by atoms with Crippen LogP contribution in [0.25, 0.3) is 0 Å². The summed E-state index contributed by atoms with van der Waals surface area (Å²) in [6, 6.07) is 0.618. The van der Waals surface area contributed by atoms with Crippen LogP contribution < -0.4 is 10.0 Å². The molecule has 0 radical (unpaired) electrons. The summed E-state index contributed by atoms with van der Waals surface area (Å²) >= 11 is 0. The summed E-state index contributed by atoms with van der Waals surface area (Å²) in [5.74, 6) is -3.93. The molecule has 2 rings (SSSR count). The van der Waals surface area contributed by atoms with Gasteiger partial charge < -0.3 is 5.32 Å². The summed E-state index contributed by atoms with van der Waals surface area (Å²) in [6.07, 6.45) is 1.55. The van der Waals surface area contributed by atoms with E-state index in [0.717, 1.165) is 13.0 Å². The Morgan fingerprint density at radius 1 is 1.26 bits per heavy atom. The fraction of sp³-hybridized carbons (Fsp3) is 0.455. The van der Waals surface area contributed by atoms with Gasteiger partial charge in [-0.05, 0) is 19.4 Å². The second-order valence-electron chi connectivity index (χ2n) is 4.42. The summed E-state index contributed by atoms with van der Waals surface area (Å²) in [5, 5.41) is 2.97. The van der Waals surface area contributed by atoms with Crippen molar-refractivity contribution in [1.29, 1.82) is 0 Å². The van der Waals surface area contributed by atoms with E-state index in [4.69, 9.17) is 0 Å². The number of benzene rings is 1. The van der Waals surface area contributed by atoms with Crippen LogP contribution in [0.15, 0.2) is 12.1 Å². The SMILES string of the molecule is O=S(=O)(CC1CCCN1)Nc1c(F)cc(F)cc1F. The molecule has 0 amide bonds. The molecule has 1 atom stereocenters. The van der Waals surface area contributed by atoms with Crippen LogP contribution >= 0.6 is 0 Å². The number of anilines is 1. The maximum atomic E-state index is 13.3. The quantitative estimate of drug-likeness (QED) is 0.887. The lowest BCUT2D eigenvalue weighted by molar-refractivity contribution is 0.546. The normalized spacial score (nSPS) is 19.6. The fourth-order valence-electron chi connectivity index (χ4n) is 2.00. The molecule has 0 spiro atoms. The van der Waals surface area contributed by atoms with Gasteiger partial charge in [0, 0.05) is 18.2 Å². The minimum Gasteiger partial charge on any atom is -0.313 e. The Hall–Kier alpha value is -1.28. The number of sulfonamides is 1. The van der Waals surface area contributed by atoms with Gasteiger partial charge in [-0.3, -0.25) is 4.72 Å². The molecule has 106 valence electrons. The van der Waals surface area contributed by atoms with E-state index < -0.39 is 33.2 Å². The molecule has 1 fully saturated rings. The van der Waals surface area contributed by atoms with E-state index in [1.165, 1.54) is 0 Å². The number of rotatable bonds is 4. The van der Waals surface area contributed by atoms with E-state index in [-0.39, 0.29) is 11.8 Å². The molecule has 1 aliphatic heterocycles. The molecule has 1 aliphatic rings. The monoisotopic (exact) mass is 294 g/mol. The van der Waals surface area contributed by atoms with Crippen LogP contribution in [-0.4, -0.2) is 26.8 Å². The molecule has 0 aliphatic carbocycles. The second kappa shape index (κ2) is 5.38.